The zero-order valence-electron chi connectivity index (χ0n) is 10.6. The molecule has 4 nitrogen and oxygen atoms in total. The van der Waals surface area contributed by atoms with Crippen molar-refractivity contribution < 1.29 is 9.90 Å². The van der Waals surface area contributed by atoms with Crippen LogP contribution in [0.15, 0.2) is 0 Å². The fourth-order valence-electron chi connectivity index (χ4n) is 1.99. The number of nitrogens with zero attached hydrogens (tertiary/aromatic N) is 1. The van der Waals surface area contributed by atoms with Gasteiger partial charge in [0, 0.05) is 18.6 Å². The molecule has 0 heterocycles. The highest BCUT2D eigenvalue weighted by atomic mass is 16.4. The highest BCUT2D eigenvalue weighted by molar-refractivity contribution is 5.73. The molecule has 2 N–H and O–H groups in total. The van der Waals surface area contributed by atoms with Crippen LogP contribution in [0, 0.1) is 0 Å². The fourth-order valence-corrected chi connectivity index (χ4v) is 1.99. The Hall–Kier alpha value is -0.610. The van der Waals surface area contributed by atoms with Crippen LogP contribution in [0.3, 0.4) is 0 Å². The molecule has 0 spiro atoms. The van der Waals surface area contributed by atoms with E-state index >= 15 is 0 Å². The van der Waals surface area contributed by atoms with Gasteiger partial charge in [0.05, 0.1) is 0 Å². The summed E-state index contributed by atoms with van der Waals surface area (Å²) in [5.41, 5.74) is 0. The summed E-state index contributed by atoms with van der Waals surface area (Å²) >= 11 is 0. The van der Waals surface area contributed by atoms with Crippen molar-refractivity contribution >= 4 is 5.97 Å². The van der Waals surface area contributed by atoms with E-state index in [1.807, 2.05) is 13.8 Å². The molecule has 0 amide bonds. The smallest absolute Gasteiger partial charge is 0.322 e. The molecule has 1 unspecified atom stereocenters. The van der Waals surface area contributed by atoms with Gasteiger partial charge in [-0.15, -0.1) is 0 Å². The van der Waals surface area contributed by atoms with Gasteiger partial charge in [0.2, 0.25) is 0 Å². The van der Waals surface area contributed by atoms with Crippen molar-refractivity contribution in [2.75, 3.05) is 13.1 Å². The van der Waals surface area contributed by atoms with E-state index in [0.717, 1.165) is 13.0 Å². The van der Waals surface area contributed by atoms with Crippen molar-refractivity contribution in [3.05, 3.63) is 0 Å². The highest BCUT2D eigenvalue weighted by Crippen LogP contribution is 2.26. The zero-order valence-corrected chi connectivity index (χ0v) is 10.6. The Kier molecular flexibility index (Phi) is 5.22. The highest BCUT2D eigenvalue weighted by Gasteiger charge is 2.31. The SMILES string of the molecule is CCCN(CC(NC(C)C)C(=O)O)C1CC1. The summed E-state index contributed by atoms with van der Waals surface area (Å²) in [7, 11) is 0. The molecule has 0 aromatic rings. The van der Waals surface area contributed by atoms with Crippen molar-refractivity contribution in [1.82, 2.24) is 10.2 Å². The van der Waals surface area contributed by atoms with Gasteiger partial charge in [0.1, 0.15) is 6.04 Å². The van der Waals surface area contributed by atoms with E-state index in [1.54, 1.807) is 0 Å². The summed E-state index contributed by atoms with van der Waals surface area (Å²) in [5.74, 6) is -0.740. The number of nitrogens with one attached hydrogen (secondary N) is 1. The summed E-state index contributed by atoms with van der Waals surface area (Å²) in [5, 5.41) is 12.3. The number of carboxylic acid groups (broad SMARTS) is 1. The van der Waals surface area contributed by atoms with E-state index < -0.39 is 12.0 Å². The van der Waals surface area contributed by atoms with E-state index in [9.17, 15) is 4.79 Å². The average molecular weight is 228 g/mol. The van der Waals surface area contributed by atoms with Crippen LogP contribution in [-0.2, 0) is 4.79 Å². The Labute approximate surface area is 98.0 Å². The Balaban J connectivity index is 2.46. The molecular weight excluding hydrogens is 204 g/mol. The molecule has 1 aliphatic rings. The van der Waals surface area contributed by atoms with Gasteiger partial charge in [-0.3, -0.25) is 9.69 Å². The molecule has 1 fully saturated rings. The molecule has 1 rings (SSSR count). The molecule has 16 heavy (non-hydrogen) atoms. The van der Waals surface area contributed by atoms with Crippen LogP contribution in [0.1, 0.15) is 40.0 Å². The first kappa shape index (κ1) is 13.5. The molecule has 0 bridgehead atoms. The van der Waals surface area contributed by atoms with Crippen LogP contribution in [0.2, 0.25) is 0 Å². The molecule has 4 heteroatoms. The first-order valence-electron chi connectivity index (χ1n) is 6.27. The maximum Gasteiger partial charge on any atom is 0.322 e. The van der Waals surface area contributed by atoms with Crippen molar-refractivity contribution in [3.63, 3.8) is 0 Å². The number of carbonyl (C=O) groups is 1. The maximum absolute atomic E-state index is 11.1. The Morgan fingerprint density at radius 3 is 2.50 bits per heavy atom. The molecule has 0 aromatic heterocycles. The largest absolute Gasteiger partial charge is 0.480 e. The molecule has 1 atom stereocenters. The van der Waals surface area contributed by atoms with Crippen LogP contribution < -0.4 is 5.32 Å². The lowest BCUT2D eigenvalue weighted by Gasteiger charge is -2.26. The molecule has 0 radical (unpaired) electrons. The third-order valence-corrected chi connectivity index (χ3v) is 2.82. The van der Waals surface area contributed by atoms with Crippen molar-refractivity contribution in [3.8, 4) is 0 Å². The maximum atomic E-state index is 11.1. The fraction of sp³-hybridized carbons (Fsp3) is 0.917. The molecule has 94 valence electrons. The van der Waals surface area contributed by atoms with Crippen molar-refractivity contribution in [2.45, 2.75) is 58.2 Å². The minimum Gasteiger partial charge on any atom is -0.480 e. The number of carboxylic acids is 1. The summed E-state index contributed by atoms with van der Waals surface area (Å²) in [6.07, 6.45) is 3.55. The van der Waals surface area contributed by atoms with Gasteiger partial charge >= 0.3 is 5.97 Å². The lowest BCUT2D eigenvalue weighted by atomic mass is 10.2. The van der Waals surface area contributed by atoms with Gasteiger partial charge in [-0.1, -0.05) is 20.8 Å². The van der Waals surface area contributed by atoms with E-state index in [-0.39, 0.29) is 6.04 Å². The van der Waals surface area contributed by atoms with Gasteiger partial charge in [-0.05, 0) is 25.8 Å². The standard InChI is InChI=1S/C12H24N2O2/c1-4-7-14(10-5-6-10)8-11(12(15)16)13-9(2)3/h9-11,13H,4-8H2,1-3H3,(H,15,16). The summed E-state index contributed by atoms with van der Waals surface area (Å²) in [6, 6.07) is 0.409. The Bertz CT molecular complexity index is 227. The van der Waals surface area contributed by atoms with Crippen LogP contribution >= 0.6 is 0 Å². The third-order valence-electron chi connectivity index (χ3n) is 2.82. The first-order chi connectivity index (χ1) is 7.54. The topological polar surface area (TPSA) is 52.6 Å². The van der Waals surface area contributed by atoms with Gasteiger partial charge in [0.15, 0.2) is 0 Å². The molecule has 1 saturated carbocycles. The summed E-state index contributed by atoms with van der Waals surface area (Å²) < 4.78 is 0. The minimum atomic E-state index is -0.740. The van der Waals surface area contributed by atoms with Gasteiger partial charge in [0.25, 0.3) is 0 Å². The monoisotopic (exact) mass is 228 g/mol. The second-order valence-corrected chi connectivity index (χ2v) is 4.94. The van der Waals surface area contributed by atoms with Crippen LogP contribution in [0.25, 0.3) is 0 Å². The van der Waals surface area contributed by atoms with E-state index in [2.05, 4.69) is 17.1 Å². The summed E-state index contributed by atoms with van der Waals surface area (Å²) in [4.78, 5) is 13.4. The summed E-state index contributed by atoms with van der Waals surface area (Å²) in [6.45, 7) is 7.75. The third kappa shape index (κ3) is 4.49. The van der Waals surface area contributed by atoms with Gasteiger partial charge < -0.3 is 10.4 Å². The van der Waals surface area contributed by atoms with Gasteiger partial charge in [-0.2, -0.15) is 0 Å². The molecule has 0 aromatic carbocycles. The lowest BCUT2D eigenvalue weighted by Crippen LogP contribution is -2.49. The van der Waals surface area contributed by atoms with Crippen molar-refractivity contribution in [1.29, 1.82) is 0 Å². The second kappa shape index (κ2) is 6.21. The molecule has 1 aliphatic carbocycles. The van der Waals surface area contributed by atoms with Crippen LogP contribution in [0.5, 0.6) is 0 Å². The number of hydrogen-bond acceptors (Lipinski definition) is 3. The normalized spacial score (nSPS) is 18.1. The van der Waals surface area contributed by atoms with Crippen LogP contribution in [0.4, 0.5) is 0 Å². The predicted octanol–water partition coefficient (Wildman–Crippen LogP) is 1.31. The van der Waals surface area contributed by atoms with E-state index in [4.69, 9.17) is 5.11 Å². The molecule has 0 saturated heterocycles. The second-order valence-electron chi connectivity index (χ2n) is 4.94. The first-order valence-corrected chi connectivity index (χ1v) is 6.27. The van der Waals surface area contributed by atoms with Crippen LogP contribution in [-0.4, -0.2) is 47.2 Å². The zero-order chi connectivity index (χ0) is 12.1. The van der Waals surface area contributed by atoms with E-state index in [1.165, 1.54) is 12.8 Å². The minimum absolute atomic E-state index is 0.212. The van der Waals surface area contributed by atoms with Gasteiger partial charge in [-0.25, -0.2) is 0 Å². The Morgan fingerprint density at radius 1 is 1.50 bits per heavy atom. The Morgan fingerprint density at radius 2 is 2.12 bits per heavy atom. The van der Waals surface area contributed by atoms with Crippen molar-refractivity contribution in [2.24, 2.45) is 0 Å². The number of rotatable bonds is 8. The number of aliphatic carboxylic acids is 1. The molecule has 0 aliphatic heterocycles. The number of hydrogen-bond donors (Lipinski definition) is 2. The molecular formula is C12H24N2O2. The predicted molar refractivity (Wildman–Crippen MR) is 64.6 cm³/mol. The average Bonchev–Trinajstić information content (AvgIpc) is 2.98. The van der Waals surface area contributed by atoms with E-state index in [0.29, 0.717) is 12.6 Å². The quantitative estimate of drug-likeness (QED) is 0.658. The lowest BCUT2D eigenvalue weighted by molar-refractivity contribution is -0.140.